The molecule has 8 heteroatoms. The van der Waals surface area contributed by atoms with Crippen LogP contribution in [0.4, 0.5) is 10.1 Å². The van der Waals surface area contributed by atoms with E-state index in [1.807, 2.05) is 29.2 Å². The van der Waals surface area contributed by atoms with E-state index in [9.17, 15) is 17.6 Å². The maximum Gasteiger partial charge on any atom is 0.243 e. The fourth-order valence-corrected chi connectivity index (χ4v) is 4.87. The first-order valence-electron chi connectivity index (χ1n) is 9.64. The Bertz CT molecular complexity index is 971. The number of sulfonamides is 1. The lowest BCUT2D eigenvalue weighted by atomic mass is 10.0. The molecule has 29 heavy (non-hydrogen) atoms. The largest absolute Gasteiger partial charge is 0.325 e. The monoisotopic (exact) mass is 419 g/mol. The molecule has 0 unspecified atom stereocenters. The molecule has 156 valence electrons. The highest BCUT2D eigenvalue weighted by Crippen LogP contribution is 2.24. The minimum absolute atomic E-state index is 0.0472. The molecule has 0 aromatic heterocycles. The molecular formula is C21H26FN3O3S. The van der Waals surface area contributed by atoms with E-state index >= 15 is 0 Å². The number of carbonyl (C=O) groups is 1. The molecule has 1 fully saturated rings. The van der Waals surface area contributed by atoms with Crippen LogP contribution in [0.5, 0.6) is 0 Å². The van der Waals surface area contributed by atoms with E-state index in [0.29, 0.717) is 19.0 Å². The highest BCUT2D eigenvalue weighted by atomic mass is 32.2. The van der Waals surface area contributed by atoms with Gasteiger partial charge in [-0.25, -0.2) is 12.8 Å². The number of hydrogen-bond acceptors (Lipinski definition) is 4. The molecule has 1 N–H and O–H groups in total. The molecule has 1 aliphatic rings. The van der Waals surface area contributed by atoms with Crippen LogP contribution < -0.4 is 5.32 Å². The van der Waals surface area contributed by atoms with Crippen LogP contribution in [0, 0.1) is 5.82 Å². The van der Waals surface area contributed by atoms with Crippen molar-refractivity contribution in [1.82, 2.24) is 9.21 Å². The van der Waals surface area contributed by atoms with Gasteiger partial charge in [0.1, 0.15) is 5.82 Å². The van der Waals surface area contributed by atoms with Gasteiger partial charge in [0.15, 0.2) is 0 Å². The van der Waals surface area contributed by atoms with E-state index in [-0.39, 0.29) is 30.4 Å². The average Bonchev–Trinajstić information content (AvgIpc) is 2.68. The van der Waals surface area contributed by atoms with Crippen molar-refractivity contribution in [2.24, 2.45) is 0 Å². The molecule has 0 saturated carbocycles. The smallest absolute Gasteiger partial charge is 0.243 e. The van der Waals surface area contributed by atoms with Crippen LogP contribution in [0.15, 0.2) is 53.4 Å². The van der Waals surface area contributed by atoms with Crippen molar-refractivity contribution in [2.75, 3.05) is 38.0 Å². The van der Waals surface area contributed by atoms with Crippen molar-refractivity contribution in [3.05, 3.63) is 59.9 Å². The second-order valence-corrected chi connectivity index (χ2v) is 9.37. The molecule has 2 aromatic carbocycles. The zero-order valence-corrected chi connectivity index (χ0v) is 17.5. The quantitative estimate of drug-likeness (QED) is 0.782. The van der Waals surface area contributed by atoms with E-state index in [1.165, 1.54) is 22.5 Å². The Balaban J connectivity index is 1.57. The van der Waals surface area contributed by atoms with Gasteiger partial charge < -0.3 is 5.32 Å². The Morgan fingerprint density at radius 3 is 2.41 bits per heavy atom. The van der Waals surface area contributed by atoms with Crippen molar-refractivity contribution in [3.8, 4) is 0 Å². The first-order valence-corrected chi connectivity index (χ1v) is 11.1. The predicted octanol–water partition coefficient (Wildman–Crippen LogP) is 2.89. The number of para-hydroxylation sites is 1. The standard InChI is InChI=1S/C21H26FN3O3S/c1-16(2)19-8-3-4-9-20(19)23-21(26)15-24-10-12-25(13-11-24)29(27,28)18-7-5-6-17(22)14-18/h3-9,14,16H,10-13,15H2,1-2H3,(H,23,26). The first kappa shape index (κ1) is 21.4. The van der Waals surface area contributed by atoms with E-state index in [0.717, 1.165) is 17.3 Å². The molecule has 0 bridgehead atoms. The third-order valence-corrected chi connectivity index (χ3v) is 6.88. The van der Waals surface area contributed by atoms with Crippen LogP contribution in [-0.2, 0) is 14.8 Å². The number of piperazine rings is 1. The molecule has 2 aromatic rings. The summed E-state index contributed by atoms with van der Waals surface area (Å²) in [6.07, 6.45) is 0. The van der Waals surface area contributed by atoms with E-state index in [4.69, 9.17) is 0 Å². The van der Waals surface area contributed by atoms with Gasteiger partial charge >= 0.3 is 0 Å². The van der Waals surface area contributed by atoms with Gasteiger partial charge in [-0.15, -0.1) is 0 Å². The lowest BCUT2D eigenvalue weighted by molar-refractivity contribution is -0.117. The fraction of sp³-hybridized carbons (Fsp3) is 0.381. The molecular weight excluding hydrogens is 393 g/mol. The van der Waals surface area contributed by atoms with Gasteiger partial charge in [-0.3, -0.25) is 9.69 Å². The Morgan fingerprint density at radius 1 is 1.07 bits per heavy atom. The summed E-state index contributed by atoms with van der Waals surface area (Å²) < 4.78 is 40.1. The Labute approximate surface area is 171 Å². The number of hydrogen-bond donors (Lipinski definition) is 1. The van der Waals surface area contributed by atoms with Crippen molar-refractivity contribution in [2.45, 2.75) is 24.7 Å². The van der Waals surface area contributed by atoms with Crippen LogP contribution in [0.25, 0.3) is 0 Å². The number of halogens is 1. The summed E-state index contributed by atoms with van der Waals surface area (Å²) in [6.45, 7) is 5.73. The molecule has 3 rings (SSSR count). The maximum absolute atomic E-state index is 13.4. The van der Waals surface area contributed by atoms with Gasteiger partial charge in [0, 0.05) is 31.9 Å². The van der Waals surface area contributed by atoms with Crippen LogP contribution in [0.2, 0.25) is 0 Å². The van der Waals surface area contributed by atoms with Gasteiger partial charge in [-0.05, 0) is 35.7 Å². The van der Waals surface area contributed by atoms with Crippen molar-refractivity contribution < 1.29 is 17.6 Å². The van der Waals surface area contributed by atoms with Crippen LogP contribution in [0.1, 0.15) is 25.3 Å². The molecule has 0 spiro atoms. The minimum Gasteiger partial charge on any atom is -0.325 e. The molecule has 0 atom stereocenters. The number of nitrogens with one attached hydrogen (secondary N) is 1. The van der Waals surface area contributed by atoms with E-state index in [1.54, 1.807) is 0 Å². The third kappa shape index (κ3) is 5.20. The average molecular weight is 420 g/mol. The number of rotatable bonds is 6. The van der Waals surface area contributed by atoms with Gasteiger partial charge in [-0.1, -0.05) is 38.1 Å². The summed E-state index contributed by atoms with van der Waals surface area (Å²) in [5, 5.41) is 2.96. The number of nitrogens with zero attached hydrogens (tertiary/aromatic N) is 2. The number of anilines is 1. The molecule has 1 aliphatic heterocycles. The van der Waals surface area contributed by atoms with Crippen LogP contribution >= 0.6 is 0 Å². The second-order valence-electron chi connectivity index (χ2n) is 7.43. The second kappa shape index (κ2) is 9.02. The topological polar surface area (TPSA) is 69.7 Å². The Morgan fingerprint density at radius 2 is 1.76 bits per heavy atom. The maximum atomic E-state index is 13.4. The predicted molar refractivity (Wildman–Crippen MR) is 111 cm³/mol. The van der Waals surface area contributed by atoms with Gasteiger partial charge in [0.05, 0.1) is 11.4 Å². The Kier molecular flexibility index (Phi) is 6.66. The highest BCUT2D eigenvalue weighted by molar-refractivity contribution is 7.89. The molecule has 6 nitrogen and oxygen atoms in total. The van der Waals surface area contributed by atoms with Gasteiger partial charge in [0.2, 0.25) is 15.9 Å². The lowest BCUT2D eigenvalue weighted by Gasteiger charge is -2.33. The summed E-state index contributed by atoms with van der Waals surface area (Å²) in [5.74, 6) is -0.411. The third-order valence-electron chi connectivity index (χ3n) is 4.99. The molecule has 1 amide bonds. The molecule has 1 saturated heterocycles. The van der Waals surface area contributed by atoms with Crippen molar-refractivity contribution in [3.63, 3.8) is 0 Å². The number of amides is 1. The van der Waals surface area contributed by atoms with Crippen LogP contribution in [-0.4, -0.2) is 56.3 Å². The van der Waals surface area contributed by atoms with Crippen LogP contribution in [0.3, 0.4) is 0 Å². The summed E-state index contributed by atoms with van der Waals surface area (Å²) in [4.78, 5) is 14.3. The molecule has 0 radical (unpaired) electrons. The first-order chi connectivity index (χ1) is 13.8. The summed E-state index contributed by atoms with van der Waals surface area (Å²) in [6, 6.07) is 12.7. The number of benzene rings is 2. The van der Waals surface area contributed by atoms with Crippen molar-refractivity contribution in [1.29, 1.82) is 0 Å². The van der Waals surface area contributed by atoms with E-state index < -0.39 is 15.8 Å². The van der Waals surface area contributed by atoms with Gasteiger partial charge in [-0.2, -0.15) is 4.31 Å². The summed E-state index contributed by atoms with van der Waals surface area (Å²) in [7, 11) is -3.73. The van der Waals surface area contributed by atoms with Crippen molar-refractivity contribution >= 4 is 21.6 Å². The number of carbonyl (C=O) groups excluding carboxylic acids is 1. The fourth-order valence-electron chi connectivity index (χ4n) is 3.41. The zero-order chi connectivity index (χ0) is 21.0. The SMILES string of the molecule is CC(C)c1ccccc1NC(=O)CN1CCN(S(=O)(=O)c2cccc(F)c2)CC1. The summed E-state index contributed by atoms with van der Waals surface area (Å²) in [5.41, 5.74) is 1.88. The lowest BCUT2D eigenvalue weighted by Crippen LogP contribution is -2.50. The highest BCUT2D eigenvalue weighted by Gasteiger charge is 2.29. The van der Waals surface area contributed by atoms with Gasteiger partial charge in [0.25, 0.3) is 0 Å². The van der Waals surface area contributed by atoms with E-state index in [2.05, 4.69) is 19.2 Å². The molecule has 0 aliphatic carbocycles. The normalized spacial score (nSPS) is 16.1. The Hall–Kier alpha value is -2.29. The zero-order valence-electron chi connectivity index (χ0n) is 16.6. The minimum atomic E-state index is -3.73. The summed E-state index contributed by atoms with van der Waals surface area (Å²) >= 11 is 0. The molecule has 1 heterocycles.